The van der Waals surface area contributed by atoms with Crippen molar-refractivity contribution in [3.8, 4) is 0 Å². The Labute approximate surface area is 113 Å². The monoisotopic (exact) mass is 250 g/mol. The molecule has 18 heavy (non-hydrogen) atoms. The average molecular weight is 250 g/mol. The first-order valence-electron chi connectivity index (χ1n) is 8.41. The molecule has 0 aromatic carbocycles. The molecule has 2 unspecified atom stereocenters. The fourth-order valence-electron chi connectivity index (χ4n) is 4.37. The summed E-state index contributed by atoms with van der Waals surface area (Å²) >= 11 is 0. The lowest BCUT2D eigenvalue weighted by molar-refractivity contribution is 0.178. The van der Waals surface area contributed by atoms with Gasteiger partial charge in [0.25, 0.3) is 0 Å². The number of fused-ring (bicyclic) bond motifs is 1. The Balaban J connectivity index is 1.44. The Morgan fingerprint density at radius 2 is 1.56 bits per heavy atom. The lowest BCUT2D eigenvalue weighted by Gasteiger charge is -2.33. The molecule has 0 aromatic rings. The van der Waals surface area contributed by atoms with Crippen LogP contribution >= 0.6 is 0 Å². The maximum atomic E-state index is 3.94. The van der Waals surface area contributed by atoms with Gasteiger partial charge in [-0.3, -0.25) is 4.90 Å². The molecule has 2 aliphatic heterocycles. The van der Waals surface area contributed by atoms with E-state index in [0.29, 0.717) is 0 Å². The van der Waals surface area contributed by atoms with Crippen molar-refractivity contribution >= 4 is 0 Å². The second kappa shape index (κ2) is 6.38. The summed E-state index contributed by atoms with van der Waals surface area (Å²) in [4.78, 5) is 2.74. The summed E-state index contributed by atoms with van der Waals surface area (Å²) in [5.41, 5.74) is 0. The van der Waals surface area contributed by atoms with Gasteiger partial charge in [-0.05, 0) is 51.1 Å². The molecule has 0 spiro atoms. The average Bonchev–Trinajstić information content (AvgIpc) is 2.64. The highest BCUT2D eigenvalue weighted by Gasteiger charge is 2.35. The first-order valence-corrected chi connectivity index (χ1v) is 8.41. The summed E-state index contributed by atoms with van der Waals surface area (Å²) < 4.78 is 0. The third kappa shape index (κ3) is 3.08. The number of hydrogen-bond donors (Lipinski definition) is 1. The van der Waals surface area contributed by atoms with E-state index in [0.717, 1.165) is 18.0 Å². The lowest BCUT2D eigenvalue weighted by atomic mass is 9.96. The molecule has 1 aliphatic carbocycles. The van der Waals surface area contributed by atoms with Gasteiger partial charge in [0.05, 0.1) is 0 Å². The molecule has 3 fully saturated rings. The van der Waals surface area contributed by atoms with Gasteiger partial charge in [0.15, 0.2) is 0 Å². The molecule has 2 heterocycles. The van der Waals surface area contributed by atoms with Crippen LogP contribution in [0.15, 0.2) is 0 Å². The van der Waals surface area contributed by atoms with E-state index < -0.39 is 0 Å². The van der Waals surface area contributed by atoms with Crippen LogP contribution in [0.4, 0.5) is 0 Å². The van der Waals surface area contributed by atoms with E-state index in [4.69, 9.17) is 0 Å². The molecule has 0 bridgehead atoms. The molecule has 0 amide bonds. The van der Waals surface area contributed by atoms with Gasteiger partial charge in [0.1, 0.15) is 0 Å². The van der Waals surface area contributed by atoms with Crippen molar-refractivity contribution in [2.45, 2.75) is 76.3 Å². The van der Waals surface area contributed by atoms with Gasteiger partial charge in [-0.2, -0.15) is 0 Å². The quantitative estimate of drug-likeness (QED) is 0.774. The summed E-state index contributed by atoms with van der Waals surface area (Å²) in [5.74, 6) is 0.977. The number of piperidine rings is 1. The van der Waals surface area contributed by atoms with Crippen LogP contribution in [0.1, 0.15) is 64.2 Å². The van der Waals surface area contributed by atoms with E-state index in [1.54, 1.807) is 0 Å². The number of nitrogens with zero attached hydrogens (tertiary/aromatic N) is 1. The second-order valence-corrected chi connectivity index (χ2v) is 6.76. The minimum atomic E-state index is 0.813. The van der Waals surface area contributed by atoms with E-state index in [1.165, 1.54) is 83.8 Å². The Hall–Kier alpha value is -0.0800. The van der Waals surface area contributed by atoms with Gasteiger partial charge < -0.3 is 5.32 Å². The fourth-order valence-corrected chi connectivity index (χ4v) is 4.37. The largest absolute Gasteiger partial charge is 0.312 e. The maximum Gasteiger partial charge on any atom is 0.0249 e. The molecule has 2 heteroatoms. The van der Waals surface area contributed by atoms with Crippen LogP contribution in [0.25, 0.3) is 0 Å². The van der Waals surface area contributed by atoms with Crippen LogP contribution in [-0.4, -0.2) is 36.6 Å². The van der Waals surface area contributed by atoms with Crippen molar-refractivity contribution in [2.24, 2.45) is 5.92 Å². The van der Waals surface area contributed by atoms with Crippen molar-refractivity contribution in [1.29, 1.82) is 0 Å². The molecule has 104 valence electrons. The number of rotatable bonds is 3. The number of nitrogens with one attached hydrogen (secondary N) is 1. The summed E-state index contributed by atoms with van der Waals surface area (Å²) in [5, 5.41) is 3.94. The molecule has 3 aliphatic rings. The van der Waals surface area contributed by atoms with Gasteiger partial charge in [-0.1, -0.05) is 32.1 Å². The minimum absolute atomic E-state index is 0.813. The Morgan fingerprint density at radius 3 is 2.39 bits per heavy atom. The predicted molar refractivity (Wildman–Crippen MR) is 76.8 cm³/mol. The zero-order chi connectivity index (χ0) is 12.2. The van der Waals surface area contributed by atoms with E-state index in [2.05, 4.69) is 10.2 Å². The van der Waals surface area contributed by atoms with Crippen LogP contribution in [0.2, 0.25) is 0 Å². The molecule has 1 saturated carbocycles. The van der Waals surface area contributed by atoms with Crippen molar-refractivity contribution in [3.05, 3.63) is 0 Å². The summed E-state index contributed by atoms with van der Waals surface area (Å²) in [6.07, 6.45) is 14.6. The van der Waals surface area contributed by atoms with E-state index >= 15 is 0 Å². The highest BCUT2D eigenvalue weighted by Crippen LogP contribution is 2.28. The minimum Gasteiger partial charge on any atom is -0.312 e. The predicted octanol–water partition coefficient (Wildman–Crippen LogP) is 3.17. The Morgan fingerprint density at radius 1 is 0.778 bits per heavy atom. The molecule has 2 saturated heterocycles. The standard InChI is InChI=1S/C16H30N2/c1-2-4-8-14(7-3-1)13-17-15-10-12-18-11-6-5-9-16(15)18/h14-17H,1-13H2. The topological polar surface area (TPSA) is 15.3 Å². The molecule has 3 rings (SSSR count). The van der Waals surface area contributed by atoms with Crippen molar-refractivity contribution in [3.63, 3.8) is 0 Å². The molecular formula is C16H30N2. The SMILES string of the molecule is C1CCCC(CNC2CCN3CCCCC23)CC1. The normalized spacial score (nSPS) is 35.3. The number of hydrogen-bond acceptors (Lipinski definition) is 2. The van der Waals surface area contributed by atoms with E-state index in [9.17, 15) is 0 Å². The second-order valence-electron chi connectivity index (χ2n) is 6.76. The Kier molecular flexibility index (Phi) is 4.58. The van der Waals surface area contributed by atoms with E-state index in [1.807, 2.05) is 0 Å². The first-order chi connectivity index (χ1) is 8.93. The first kappa shape index (κ1) is 12.9. The Bertz CT molecular complexity index is 245. The van der Waals surface area contributed by atoms with Crippen molar-refractivity contribution < 1.29 is 0 Å². The van der Waals surface area contributed by atoms with Crippen LogP contribution < -0.4 is 5.32 Å². The molecule has 1 N–H and O–H groups in total. The highest BCUT2D eigenvalue weighted by atomic mass is 15.2. The zero-order valence-electron chi connectivity index (χ0n) is 11.9. The lowest BCUT2D eigenvalue weighted by Crippen LogP contribution is -2.46. The van der Waals surface area contributed by atoms with Gasteiger partial charge in [-0.25, -0.2) is 0 Å². The van der Waals surface area contributed by atoms with Crippen LogP contribution in [0, 0.1) is 5.92 Å². The van der Waals surface area contributed by atoms with Crippen molar-refractivity contribution in [2.75, 3.05) is 19.6 Å². The van der Waals surface area contributed by atoms with Crippen LogP contribution in [-0.2, 0) is 0 Å². The molecule has 2 atom stereocenters. The maximum absolute atomic E-state index is 3.94. The van der Waals surface area contributed by atoms with Gasteiger partial charge in [-0.15, -0.1) is 0 Å². The van der Waals surface area contributed by atoms with Crippen LogP contribution in [0.3, 0.4) is 0 Å². The molecular weight excluding hydrogens is 220 g/mol. The van der Waals surface area contributed by atoms with Gasteiger partial charge >= 0.3 is 0 Å². The highest BCUT2D eigenvalue weighted by molar-refractivity contribution is 4.94. The van der Waals surface area contributed by atoms with E-state index in [-0.39, 0.29) is 0 Å². The summed E-state index contributed by atoms with van der Waals surface area (Å²) in [6.45, 7) is 4.02. The molecule has 0 aromatic heterocycles. The third-order valence-corrected chi connectivity index (χ3v) is 5.50. The molecule has 0 radical (unpaired) electrons. The van der Waals surface area contributed by atoms with Crippen molar-refractivity contribution in [1.82, 2.24) is 10.2 Å². The zero-order valence-corrected chi connectivity index (χ0v) is 11.9. The smallest absolute Gasteiger partial charge is 0.0249 e. The fraction of sp³-hybridized carbons (Fsp3) is 1.00. The van der Waals surface area contributed by atoms with Crippen LogP contribution in [0.5, 0.6) is 0 Å². The molecule has 2 nitrogen and oxygen atoms in total. The third-order valence-electron chi connectivity index (χ3n) is 5.50. The van der Waals surface area contributed by atoms with Gasteiger partial charge in [0, 0.05) is 18.6 Å². The van der Waals surface area contributed by atoms with Gasteiger partial charge in [0.2, 0.25) is 0 Å². The summed E-state index contributed by atoms with van der Waals surface area (Å²) in [6, 6.07) is 1.69. The summed E-state index contributed by atoms with van der Waals surface area (Å²) in [7, 11) is 0.